The number of rotatable bonds is 10. The minimum Gasteiger partial charge on any atom is -0.467 e. The average Bonchev–Trinajstić information content (AvgIpc) is 2.91. The molecule has 1 atom stereocenters. The van der Waals surface area contributed by atoms with E-state index < -0.39 is 23.5 Å². The van der Waals surface area contributed by atoms with Crippen molar-refractivity contribution in [2.75, 3.05) is 17.3 Å². The summed E-state index contributed by atoms with van der Waals surface area (Å²) >= 11 is 0. The van der Waals surface area contributed by atoms with Crippen LogP contribution in [0.2, 0.25) is 0 Å². The van der Waals surface area contributed by atoms with Gasteiger partial charge in [0.05, 0.1) is 25.5 Å². The number of methoxy groups -OCH3 is 1. The molecule has 2 heterocycles. The van der Waals surface area contributed by atoms with Gasteiger partial charge in [-0.2, -0.15) is 4.98 Å². The molecule has 3 amide bonds. The molecular weight excluding hydrogens is 506 g/mol. The number of H-pyrrole nitrogens is 1. The second-order valence-corrected chi connectivity index (χ2v) is 9.08. The molecule has 3 N–H and O–H groups in total. The number of ether oxygens (including phenoxy) is 1. The number of benzene rings is 1. The van der Waals surface area contributed by atoms with Crippen molar-refractivity contribution in [1.29, 1.82) is 0 Å². The zero-order valence-corrected chi connectivity index (χ0v) is 22.4. The van der Waals surface area contributed by atoms with Gasteiger partial charge in [0.15, 0.2) is 11.2 Å². The number of carbonyl (C=O) groups excluding carboxylic acids is 4. The first kappa shape index (κ1) is 28.9. The van der Waals surface area contributed by atoms with E-state index in [0.717, 1.165) is 0 Å². The largest absolute Gasteiger partial charge is 0.467 e. The highest BCUT2D eigenvalue weighted by atomic mass is 16.5. The van der Waals surface area contributed by atoms with Crippen LogP contribution in [0.3, 0.4) is 0 Å². The number of amides is 3. The van der Waals surface area contributed by atoms with E-state index in [0.29, 0.717) is 29.8 Å². The summed E-state index contributed by atoms with van der Waals surface area (Å²) in [6.45, 7) is 6.68. The molecule has 13 heteroatoms. The maximum absolute atomic E-state index is 12.6. The van der Waals surface area contributed by atoms with Gasteiger partial charge in [-0.05, 0) is 30.7 Å². The number of fused-ring (bicyclic) bond motifs is 1. The van der Waals surface area contributed by atoms with Gasteiger partial charge in [0.1, 0.15) is 6.04 Å². The lowest BCUT2D eigenvalue weighted by atomic mass is 10.1. The first-order valence-corrected chi connectivity index (χ1v) is 12.4. The average molecular weight is 538 g/mol. The third kappa shape index (κ3) is 7.21. The van der Waals surface area contributed by atoms with Gasteiger partial charge >= 0.3 is 5.97 Å². The van der Waals surface area contributed by atoms with Crippen molar-refractivity contribution >= 4 is 46.5 Å². The maximum atomic E-state index is 12.6. The molecule has 39 heavy (non-hydrogen) atoms. The van der Waals surface area contributed by atoms with Crippen molar-refractivity contribution in [2.24, 2.45) is 5.92 Å². The van der Waals surface area contributed by atoms with Crippen molar-refractivity contribution in [2.45, 2.75) is 53.1 Å². The van der Waals surface area contributed by atoms with Crippen molar-refractivity contribution in [1.82, 2.24) is 25.3 Å². The highest BCUT2D eigenvalue weighted by molar-refractivity contribution is 5.98. The molecule has 3 rings (SSSR count). The van der Waals surface area contributed by atoms with Crippen molar-refractivity contribution in [3.8, 4) is 0 Å². The van der Waals surface area contributed by atoms with Crippen molar-refractivity contribution < 1.29 is 23.9 Å². The molecule has 2 aromatic heterocycles. The predicted molar refractivity (Wildman–Crippen MR) is 143 cm³/mol. The molecule has 0 bridgehead atoms. The van der Waals surface area contributed by atoms with E-state index in [9.17, 15) is 24.0 Å². The molecule has 0 aliphatic rings. The smallest absolute Gasteiger partial charge is 0.328 e. The molecule has 0 aliphatic heterocycles. The molecular formula is C26H31N7O6. The van der Waals surface area contributed by atoms with Gasteiger partial charge in [0.25, 0.3) is 11.5 Å². The van der Waals surface area contributed by atoms with Crippen LogP contribution < -0.4 is 21.1 Å². The number of nitrogens with one attached hydrogen (secondary N) is 3. The Labute approximate surface area is 224 Å². The molecule has 1 aromatic carbocycles. The Morgan fingerprint density at radius 2 is 1.79 bits per heavy atom. The fraction of sp³-hybridized carbons (Fsp3) is 0.385. The van der Waals surface area contributed by atoms with Crippen molar-refractivity contribution in [3.63, 3.8) is 0 Å². The molecule has 206 valence electrons. The second kappa shape index (κ2) is 12.7. The third-order valence-electron chi connectivity index (χ3n) is 5.74. The number of carbonyl (C=O) groups is 4. The Morgan fingerprint density at radius 1 is 1.10 bits per heavy atom. The van der Waals surface area contributed by atoms with Crippen LogP contribution in [-0.4, -0.2) is 56.8 Å². The van der Waals surface area contributed by atoms with Gasteiger partial charge in [-0.1, -0.05) is 27.2 Å². The molecule has 0 saturated carbocycles. The van der Waals surface area contributed by atoms with Crippen LogP contribution >= 0.6 is 0 Å². The van der Waals surface area contributed by atoms with Gasteiger partial charge in [-0.3, -0.25) is 29.5 Å². The van der Waals surface area contributed by atoms with Crippen LogP contribution in [0.4, 0.5) is 11.6 Å². The molecule has 0 unspecified atom stereocenters. The van der Waals surface area contributed by atoms with E-state index in [1.165, 1.54) is 37.3 Å². The lowest BCUT2D eigenvalue weighted by Crippen LogP contribution is -2.41. The molecule has 0 fully saturated rings. The fourth-order valence-corrected chi connectivity index (χ4v) is 3.61. The van der Waals surface area contributed by atoms with Gasteiger partial charge in [-0.25, -0.2) is 14.8 Å². The Balaban J connectivity index is 1.79. The van der Waals surface area contributed by atoms with E-state index in [-0.39, 0.29) is 41.4 Å². The third-order valence-corrected chi connectivity index (χ3v) is 5.74. The minimum absolute atomic E-state index is 0.00396. The summed E-state index contributed by atoms with van der Waals surface area (Å²) in [6.07, 6.45) is 2.51. The van der Waals surface area contributed by atoms with Crippen LogP contribution in [0.1, 0.15) is 56.6 Å². The van der Waals surface area contributed by atoms with E-state index in [1.807, 2.05) is 6.92 Å². The van der Waals surface area contributed by atoms with E-state index in [2.05, 4.69) is 30.6 Å². The molecule has 0 spiro atoms. The minimum atomic E-state index is -0.757. The summed E-state index contributed by atoms with van der Waals surface area (Å²) in [5.74, 6) is -1.93. The van der Waals surface area contributed by atoms with Crippen LogP contribution in [0.25, 0.3) is 11.2 Å². The lowest BCUT2D eigenvalue weighted by molar-refractivity contribution is -0.143. The summed E-state index contributed by atoms with van der Waals surface area (Å²) in [4.78, 5) is 78.0. The Morgan fingerprint density at radius 3 is 2.38 bits per heavy atom. The fourth-order valence-electron chi connectivity index (χ4n) is 3.61. The van der Waals surface area contributed by atoms with Gasteiger partial charge < -0.3 is 15.0 Å². The monoisotopic (exact) mass is 537 g/mol. The van der Waals surface area contributed by atoms with Crippen LogP contribution in [0.15, 0.2) is 35.3 Å². The van der Waals surface area contributed by atoms with E-state index in [4.69, 9.17) is 4.74 Å². The van der Waals surface area contributed by atoms with Gasteiger partial charge in [0.2, 0.25) is 17.8 Å². The predicted octanol–water partition coefficient (Wildman–Crippen LogP) is 1.93. The highest BCUT2D eigenvalue weighted by Crippen LogP contribution is 2.19. The summed E-state index contributed by atoms with van der Waals surface area (Å²) in [7, 11) is 1.26. The number of aromatic nitrogens is 4. The quantitative estimate of drug-likeness (QED) is 0.326. The van der Waals surface area contributed by atoms with E-state index >= 15 is 0 Å². The Bertz CT molecular complexity index is 1430. The number of aromatic amines is 1. The summed E-state index contributed by atoms with van der Waals surface area (Å²) in [5, 5.41) is 5.18. The Kier molecular flexibility index (Phi) is 9.42. The van der Waals surface area contributed by atoms with Crippen LogP contribution in [0, 0.1) is 5.92 Å². The lowest BCUT2D eigenvalue weighted by Gasteiger charge is -2.21. The second-order valence-electron chi connectivity index (χ2n) is 9.08. The van der Waals surface area contributed by atoms with Gasteiger partial charge in [-0.15, -0.1) is 0 Å². The summed E-state index contributed by atoms with van der Waals surface area (Å²) < 4.78 is 4.75. The van der Waals surface area contributed by atoms with Crippen LogP contribution in [-0.2, 0) is 25.7 Å². The molecule has 0 radical (unpaired) electrons. The molecule has 0 saturated heterocycles. The topological polar surface area (TPSA) is 176 Å². The molecule has 3 aromatic rings. The van der Waals surface area contributed by atoms with E-state index in [1.54, 1.807) is 26.0 Å². The number of hydrogen-bond acceptors (Lipinski definition) is 9. The maximum Gasteiger partial charge on any atom is 0.328 e. The SMILES string of the molecule is CCC[C@H](NC(=O)c1ccc(N(Cc2cnc3nc(NC(=O)C(C)C)[nH]c(=O)c3n2)C(C)=O)cc1)C(=O)OC. The first-order chi connectivity index (χ1) is 18.5. The molecule has 13 nitrogen and oxygen atoms in total. The zero-order chi connectivity index (χ0) is 28.7. The summed E-state index contributed by atoms with van der Waals surface area (Å²) in [5.41, 5.74) is 0.517. The molecule has 0 aliphatic carbocycles. The number of anilines is 2. The standard InChI is InChI=1S/C26H31N7O6/c1-6-7-19(25(38)39-5)29-23(36)16-8-10-18(11-9-16)33(15(4)34)13-17-12-27-21-20(28-17)24(37)32-26(30-21)31-22(35)14(2)3/h8-12,14,19H,6-7,13H2,1-5H3,(H,29,36)(H2,27,30,31,32,35,37)/t19-/m0/s1. The van der Waals surface area contributed by atoms with Crippen LogP contribution in [0.5, 0.6) is 0 Å². The number of esters is 1. The number of nitrogens with zero attached hydrogens (tertiary/aromatic N) is 4. The zero-order valence-electron chi connectivity index (χ0n) is 22.4. The van der Waals surface area contributed by atoms with Crippen molar-refractivity contribution in [3.05, 3.63) is 52.1 Å². The normalized spacial score (nSPS) is 11.6. The number of hydrogen-bond donors (Lipinski definition) is 3. The summed E-state index contributed by atoms with van der Waals surface area (Å²) in [6, 6.07) is 5.50. The highest BCUT2D eigenvalue weighted by Gasteiger charge is 2.22. The first-order valence-electron chi connectivity index (χ1n) is 12.4. The van der Waals surface area contributed by atoms with Gasteiger partial charge in [0, 0.05) is 24.1 Å². The Hall–Kier alpha value is -4.68.